The predicted molar refractivity (Wildman–Crippen MR) is 49.5 cm³/mol. The Bertz CT molecular complexity index is 559. The maximum absolute atomic E-state index is 12.5. The molecule has 0 unspecified atom stereocenters. The summed E-state index contributed by atoms with van der Waals surface area (Å²) in [5, 5.41) is 19.2. The van der Waals surface area contributed by atoms with Gasteiger partial charge in [-0.3, -0.25) is 10.1 Å². The highest BCUT2D eigenvalue weighted by molar-refractivity contribution is 5.93. The third-order valence-corrected chi connectivity index (χ3v) is 1.84. The van der Waals surface area contributed by atoms with Gasteiger partial charge in [-0.2, -0.15) is 0 Å². The van der Waals surface area contributed by atoms with Crippen LogP contribution < -0.4 is 4.74 Å². The second-order valence-electron chi connectivity index (χ2n) is 3.15. The zero-order valence-corrected chi connectivity index (χ0v) is 9.02. The molecule has 1 aromatic rings. The Hall–Kier alpha value is -2.53. The maximum Gasteiger partial charge on any atom is 0.574 e. The number of hydrogen-bond acceptors (Lipinski definition) is 5. The van der Waals surface area contributed by atoms with Gasteiger partial charge in [0.2, 0.25) is 5.88 Å². The Morgan fingerprint density at radius 3 is 2.35 bits per heavy atom. The molecule has 0 saturated carbocycles. The SMILES string of the molecule is O=C(O)c1cc(OC(F)(F)F)nc(C(F)F)c1[N+](=O)[O-]. The summed E-state index contributed by atoms with van der Waals surface area (Å²) < 4.78 is 64.1. The van der Waals surface area contributed by atoms with E-state index in [-0.39, 0.29) is 6.07 Å². The van der Waals surface area contributed by atoms with Crippen molar-refractivity contribution in [2.75, 3.05) is 0 Å². The number of aromatic nitrogens is 1. The average molecular weight is 302 g/mol. The second-order valence-corrected chi connectivity index (χ2v) is 3.15. The van der Waals surface area contributed by atoms with E-state index in [0.29, 0.717) is 0 Å². The number of halogens is 5. The summed E-state index contributed by atoms with van der Waals surface area (Å²) in [6, 6.07) is 0.0415. The predicted octanol–water partition coefficient (Wildman–Crippen LogP) is 2.52. The van der Waals surface area contributed by atoms with Crippen molar-refractivity contribution in [3.63, 3.8) is 0 Å². The fourth-order valence-corrected chi connectivity index (χ4v) is 1.21. The molecule has 0 aliphatic rings. The topological polar surface area (TPSA) is 103 Å². The molecule has 1 aromatic heterocycles. The lowest BCUT2D eigenvalue weighted by atomic mass is 10.1. The Kier molecular flexibility index (Phi) is 4.06. The van der Waals surface area contributed by atoms with E-state index in [4.69, 9.17) is 5.11 Å². The van der Waals surface area contributed by atoms with Crippen LogP contribution in [0, 0.1) is 10.1 Å². The highest BCUT2D eigenvalue weighted by Crippen LogP contribution is 2.34. The van der Waals surface area contributed by atoms with Gasteiger partial charge in [0.05, 0.1) is 4.92 Å². The molecule has 0 amide bonds. The Morgan fingerprint density at radius 1 is 1.45 bits per heavy atom. The van der Waals surface area contributed by atoms with Gasteiger partial charge in [0, 0.05) is 6.07 Å². The molecular weight excluding hydrogens is 299 g/mol. The summed E-state index contributed by atoms with van der Waals surface area (Å²) in [7, 11) is 0. The van der Waals surface area contributed by atoms with Gasteiger partial charge in [0.25, 0.3) is 6.43 Å². The average Bonchev–Trinajstić information content (AvgIpc) is 2.24. The van der Waals surface area contributed by atoms with Gasteiger partial charge in [0.15, 0.2) is 5.69 Å². The number of hydrogen-bond donors (Lipinski definition) is 1. The van der Waals surface area contributed by atoms with Crippen molar-refractivity contribution in [3.8, 4) is 5.88 Å². The number of alkyl halides is 5. The number of carboxylic acid groups (broad SMARTS) is 1. The number of nitrogens with zero attached hydrogens (tertiary/aromatic N) is 2. The first-order valence-corrected chi connectivity index (χ1v) is 4.49. The molecule has 0 spiro atoms. The van der Waals surface area contributed by atoms with E-state index in [2.05, 4.69) is 9.72 Å². The van der Waals surface area contributed by atoms with Crippen molar-refractivity contribution in [2.45, 2.75) is 12.8 Å². The van der Waals surface area contributed by atoms with Crippen LogP contribution in [0.15, 0.2) is 6.07 Å². The minimum Gasteiger partial charge on any atom is -0.477 e. The Labute approximate surface area is 105 Å². The standard InChI is InChI=1S/C8H3F5N2O5/c9-6(10)4-5(15(18)19)2(7(16)17)1-3(14-4)20-8(11,12)13/h1,6H,(H,16,17). The lowest BCUT2D eigenvalue weighted by Crippen LogP contribution is -2.19. The molecule has 0 aliphatic heterocycles. The number of aromatic carboxylic acids is 1. The first kappa shape index (κ1) is 15.5. The smallest absolute Gasteiger partial charge is 0.477 e. The van der Waals surface area contributed by atoms with Gasteiger partial charge < -0.3 is 9.84 Å². The largest absolute Gasteiger partial charge is 0.574 e. The molecule has 0 bridgehead atoms. The molecule has 0 aliphatic carbocycles. The number of pyridine rings is 1. The van der Waals surface area contributed by atoms with Crippen LogP contribution in [0.3, 0.4) is 0 Å². The van der Waals surface area contributed by atoms with Crippen LogP contribution in [0.4, 0.5) is 27.6 Å². The van der Waals surface area contributed by atoms with E-state index in [1.807, 2.05) is 0 Å². The minimum absolute atomic E-state index is 0.0415. The molecule has 0 aromatic carbocycles. The zero-order chi connectivity index (χ0) is 15.7. The molecule has 12 heteroatoms. The van der Waals surface area contributed by atoms with Crippen LogP contribution in [-0.2, 0) is 0 Å². The summed E-state index contributed by atoms with van der Waals surface area (Å²) in [6.45, 7) is 0. The number of carboxylic acids is 1. The van der Waals surface area contributed by atoms with Gasteiger partial charge in [-0.15, -0.1) is 13.2 Å². The third-order valence-electron chi connectivity index (χ3n) is 1.84. The summed E-state index contributed by atoms with van der Waals surface area (Å²) in [6.07, 6.45) is -8.98. The molecule has 110 valence electrons. The maximum atomic E-state index is 12.5. The number of ether oxygens (including phenoxy) is 1. The van der Waals surface area contributed by atoms with Crippen molar-refractivity contribution in [1.82, 2.24) is 4.98 Å². The lowest BCUT2D eigenvalue weighted by molar-refractivity contribution is -0.387. The fourth-order valence-electron chi connectivity index (χ4n) is 1.21. The normalized spacial score (nSPS) is 11.5. The van der Waals surface area contributed by atoms with Crippen molar-refractivity contribution >= 4 is 11.7 Å². The van der Waals surface area contributed by atoms with Gasteiger partial charge in [-0.1, -0.05) is 0 Å². The second kappa shape index (κ2) is 5.22. The van der Waals surface area contributed by atoms with Crippen LogP contribution in [0.25, 0.3) is 0 Å². The molecule has 7 nitrogen and oxygen atoms in total. The van der Waals surface area contributed by atoms with Crippen LogP contribution in [0.1, 0.15) is 22.5 Å². The summed E-state index contributed by atoms with van der Waals surface area (Å²) in [5.41, 5.74) is -4.71. The molecular formula is C8H3F5N2O5. The van der Waals surface area contributed by atoms with E-state index < -0.39 is 46.5 Å². The lowest BCUT2D eigenvalue weighted by Gasteiger charge is -2.10. The molecule has 20 heavy (non-hydrogen) atoms. The summed E-state index contributed by atoms with van der Waals surface area (Å²) >= 11 is 0. The van der Waals surface area contributed by atoms with Gasteiger partial charge in [0.1, 0.15) is 5.56 Å². The van der Waals surface area contributed by atoms with Gasteiger partial charge in [-0.25, -0.2) is 18.6 Å². The van der Waals surface area contributed by atoms with Crippen LogP contribution in [0.2, 0.25) is 0 Å². The fraction of sp³-hybridized carbons (Fsp3) is 0.250. The van der Waals surface area contributed by atoms with Crippen LogP contribution in [-0.4, -0.2) is 27.3 Å². The highest BCUT2D eigenvalue weighted by atomic mass is 19.4. The minimum atomic E-state index is -5.32. The van der Waals surface area contributed by atoms with Crippen LogP contribution in [0.5, 0.6) is 5.88 Å². The molecule has 1 heterocycles. The van der Waals surface area contributed by atoms with Crippen molar-refractivity contribution in [1.29, 1.82) is 0 Å². The monoisotopic (exact) mass is 302 g/mol. The van der Waals surface area contributed by atoms with Crippen molar-refractivity contribution < 1.29 is 41.5 Å². The Morgan fingerprint density at radius 2 is 2.00 bits per heavy atom. The molecule has 0 atom stereocenters. The Balaban J connectivity index is 3.54. The van der Waals surface area contributed by atoms with Gasteiger partial charge >= 0.3 is 18.0 Å². The molecule has 0 saturated heterocycles. The third kappa shape index (κ3) is 3.49. The van der Waals surface area contributed by atoms with E-state index >= 15 is 0 Å². The zero-order valence-electron chi connectivity index (χ0n) is 9.02. The first-order valence-electron chi connectivity index (χ1n) is 4.49. The number of carbonyl (C=O) groups is 1. The van der Waals surface area contributed by atoms with E-state index in [1.165, 1.54) is 0 Å². The molecule has 0 fully saturated rings. The summed E-state index contributed by atoms with van der Waals surface area (Å²) in [5.74, 6) is -3.61. The van der Waals surface area contributed by atoms with E-state index in [9.17, 15) is 36.9 Å². The summed E-state index contributed by atoms with van der Waals surface area (Å²) in [4.78, 5) is 22.4. The van der Waals surface area contributed by atoms with Crippen LogP contribution >= 0.6 is 0 Å². The molecule has 0 radical (unpaired) electrons. The quantitative estimate of drug-likeness (QED) is 0.521. The highest BCUT2D eigenvalue weighted by Gasteiger charge is 2.36. The van der Waals surface area contributed by atoms with E-state index in [0.717, 1.165) is 0 Å². The van der Waals surface area contributed by atoms with Gasteiger partial charge in [-0.05, 0) is 0 Å². The number of nitro groups is 1. The van der Waals surface area contributed by atoms with Crippen molar-refractivity contribution in [3.05, 3.63) is 27.4 Å². The molecule has 1 rings (SSSR count). The number of rotatable bonds is 4. The van der Waals surface area contributed by atoms with Crippen molar-refractivity contribution in [2.24, 2.45) is 0 Å². The van der Waals surface area contributed by atoms with E-state index in [1.54, 1.807) is 0 Å². The molecule has 1 N–H and O–H groups in total. The first-order chi connectivity index (χ1) is 9.03.